The van der Waals surface area contributed by atoms with Gasteiger partial charge in [-0.2, -0.15) is 0 Å². The van der Waals surface area contributed by atoms with Crippen molar-refractivity contribution in [1.82, 2.24) is 0 Å². The monoisotopic (exact) mass is 332 g/mol. The van der Waals surface area contributed by atoms with Crippen LogP contribution in [-0.4, -0.2) is 11.9 Å². The molecule has 5 heteroatoms. The summed E-state index contributed by atoms with van der Waals surface area (Å²) in [5.74, 6) is 0.328. The predicted octanol–water partition coefficient (Wildman–Crippen LogP) is 3.84. The number of carbonyl (C=O) groups excluding carboxylic acids is 1. The highest BCUT2D eigenvalue weighted by molar-refractivity contribution is 6.30. The van der Waals surface area contributed by atoms with Gasteiger partial charge >= 0.3 is 0 Å². The number of nitrogens with one attached hydrogen (secondary N) is 1. The third-order valence-electron chi connectivity index (χ3n) is 3.62. The Hall–Kier alpha value is -2.04. The van der Waals surface area contributed by atoms with E-state index in [0.717, 1.165) is 5.56 Å². The van der Waals surface area contributed by atoms with Gasteiger partial charge in [-0.1, -0.05) is 36.7 Å². The Bertz CT molecular complexity index is 656. The van der Waals surface area contributed by atoms with Crippen molar-refractivity contribution in [3.8, 4) is 5.75 Å². The molecule has 0 radical (unpaired) electrons. The zero-order chi connectivity index (χ0) is 16.8. The van der Waals surface area contributed by atoms with Crippen molar-refractivity contribution in [2.75, 3.05) is 5.32 Å². The molecule has 4 nitrogen and oxygen atoms in total. The number of amides is 1. The van der Waals surface area contributed by atoms with Gasteiger partial charge in [-0.05, 0) is 36.8 Å². The zero-order valence-corrected chi connectivity index (χ0v) is 14.0. The normalized spacial score (nSPS) is 13.2. The van der Waals surface area contributed by atoms with E-state index in [1.165, 1.54) is 0 Å². The number of rotatable bonds is 6. The lowest BCUT2D eigenvalue weighted by molar-refractivity contribution is -0.119. The van der Waals surface area contributed by atoms with Crippen LogP contribution < -0.4 is 15.8 Å². The number of halogens is 1. The number of ether oxygens (including phenoxy) is 1. The summed E-state index contributed by atoms with van der Waals surface area (Å²) >= 11 is 5.86. The van der Waals surface area contributed by atoms with Crippen LogP contribution in [0, 0.1) is 5.92 Å². The molecule has 2 rings (SSSR count). The Kier molecular flexibility index (Phi) is 6.02. The number of anilines is 1. The summed E-state index contributed by atoms with van der Waals surface area (Å²) in [6, 6.07) is 14.6. The average molecular weight is 333 g/mol. The van der Waals surface area contributed by atoms with E-state index in [1.807, 2.05) is 49.4 Å². The molecule has 0 spiro atoms. The van der Waals surface area contributed by atoms with Crippen LogP contribution in [0.2, 0.25) is 5.02 Å². The van der Waals surface area contributed by atoms with Crippen molar-refractivity contribution in [2.45, 2.75) is 26.5 Å². The zero-order valence-electron chi connectivity index (χ0n) is 13.3. The van der Waals surface area contributed by atoms with E-state index < -0.39 is 0 Å². The summed E-state index contributed by atoms with van der Waals surface area (Å²) in [7, 11) is 0. The van der Waals surface area contributed by atoms with Crippen LogP contribution in [0.4, 0.5) is 5.69 Å². The van der Waals surface area contributed by atoms with Gasteiger partial charge in [0, 0.05) is 22.8 Å². The van der Waals surface area contributed by atoms with Crippen molar-refractivity contribution in [1.29, 1.82) is 0 Å². The van der Waals surface area contributed by atoms with Crippen LogP contribution >= 0.6 is 11.6 Å². The molecule has 0 aliphatic rings. The molecule has 1 amide bonds. The summed E-state index contributed by atoms with van der Waals surface area (Å²) in [5, 5.41) is 3.55. The highest BCUT2D eigenvalue weighted by Crippen LogP contribution is 2.20. The first kappa shape index (κ1) is 17.3. The SMILES string of the molecule is CC(N)C(C)C(=O)Nc1cccc(OCc2ccc(Cl)cc2)c1. The number of hydrogen-bond donors (Lipinski definition) is 2. The van der Waals surface area contributed by atoms with Crippen LogP contribution in [0.25, 0.3) is 0 Å². The minimum atomic E-state index is -0.256. The second-order valence-corrected chi connectivity index (χ2v) is 6.02. The van der Waals surface area contributed by atoms with E-state index in [-0.39, 0.29) is 17.9 Å². The summed E-state index contributed by atoms with van der Waals surface area (Å²) in [5.41, 5.74) is 7.46. The fraction of sp³-hybridized carbons (Fsp3) is 0.278. The molecule has 0 heterocycles. The van der Waals surface area contributed by atoms with Crippen molar-refractivity contribution in [3.05, 3.63) is 59.1 Å². The quantitative estimate of drug-likeness (QED) is 0.844. The van der Waals surface area contributed by atoms with E-state index in [0.29, 0.717) is 23.1 Å². The molecule has 0 saturated heterocycles. The van der Waals surface area contributed by atoms with E-state index in [9.17, 15) is 4.79 Å². The first-order chi connectivity index (χ1) is 11.0. The van der Waals surface area contributed by atoms with Crippen molar-refractivity contribution in [3.63, 3.8) is 0 Å². The number of benzene rings is 2. The van der Waals surface area contributed by atoms with Gasteiger partial charge in [0.1, 0.15) is 12.4 Å². The maximum Gasteiger partial charge on any atom is 0.228 e. The van der Waals surface area contributed by atoms with Gasteiger partial charge in [-0.15, -0.1) is 0 Å². The molecule has 2 aromatic carbocycles. The number of hydrogen-bond acceptors (Lipinski definition) is 3. The van der Waals surface area contributed by atoms with E-state index in [4.69, 9.17) is 22.1 Å². The van der Waals surface area contributed by atoms with Crippen LogP contribution in [0.3, 0.4) is 0 Å². The number of nitrogens with two attached hydrogens (primary N) is 1. The van der Waals surface area contributed by atoms with Gasteiger partial charge in [0.15, 0.2) is 0 Å². The third kappa shape index (κ3) is 5.27. The predicted molar refractivity (Wildman–Crippen MR) is 93.7 cm³/mol. The molecule has 0 aliphatic heterocycles. The van der Waals surface area contributed by atoms with Crippen LogP contribution in [-0.2, 0) is 11.4 Å². The lowest BCUT2D eigenvalue weighted by Crippen LogP contribution is -2.34. The molecule has 0 aliphatic carbocycles. The van der Waals surface area contributed by atoms with E-state index in [2.05, 4.69) is 5.32 Å². The van der Waals surface area contributed by atoms with Gasteiger partial charge in [-0.25, -0.2) is 0 Å². The van der Waals surface area contributed by atoms with Gasteiger partial charge < -0.3 is 15.8 Å². The van der Waals surface area contributed by atoms with E-state index in [1.54, 1.807) is 13.0 Å². The molecule has 2 unspecified atom stereocenters. The fourth-order valence-corrected chi connectivity index (χ4v) is 2.03. The Morgan fingerprint density at radius 1 is 1.22 bits per heavy atom. The average Bonchev–Trinajstić information content (AvgIpc) is 2.54. The minimum absolute atomic E-state index is 0.102. The molecule has 0 saturated carbocycles. The van der Waals surface area contributed by atoms with Gasteiger partial charge in [0.2, 0.25) is 5.91 Å². The smallest absolute Gasteiger partial charge is 0.228 e. The molecule has 0 fully saturated rings. The maximum absolute atomic E-state index is 12.0. The van der Waals surface area contributed by atoms with E-state index >= 15 is 0 Å². The topological polar surface area (TPSA) is 64.4 Å². The molecule has 0 bridgehead atoms. The summed E-state index contributed by atoms with van der Waals surface area (Å²) in [4.78, 5) is 12.0. The highest BCUT2D eigenvalue weighted by Gasteiger charge is 2.17. The molecule has 122 valence electrons. The first-order valence-corrected chi connectivity index (χ1v) is 7.87. The molecule has 3 N–H and O–H groups in total. The van der Waals surface area contributed by atoms with Crippen LogP contribution in [0.1, 0.15) is 19.4 Å². The summed E-state index contributed by atoms with van der Waals surface area (Å²) in [6.07, 6.45) is 0. The molecular formula is C18H21ClN2O2. The Morgan fingerprint density at radius 3 is 2.57 bits per heavy atom. The molecule has 2 aromatic rings. The maximum atomic E-state index is 12.0. The third-order valence-corrected chi connectivity index (χ3v) is 3.87. The largest absolute Gasteiger partial charge is 0.489 e. The molecule has 2 atom stereocenters. The lowest BCUT2D eigenvalue weighted by Gasteiger charge is -2.16. The molecule has 23 heavy (non-hydrogen) atoms. The Labute approximate surface area is 141 Å². The lowest BCUT2D eigenvalue weighted by atomic mass is 10.0. The molecule has 0 aromatic heterocycles. The van der Waals surface area contributed by atoms with Crippen LogP contribution in [0.5, 0.6) is 5.75 Å². The number of carbonyl (C=O) groups is 1. The van der Waals surface area contributed by atoms with Crippen molar-refractivity contribution < 1.29 is 9.53 Å². The van der Waals surface area contributed by atoms with Gasteiger partial charge in [0.05, 0.1) is 5.92 Å². The highest BCUT2D eigenvalue weighted by atomic mass is 35.5. The van der Waals surface area contributed by atoms with Crippen LogP contribution in [0.15, 0.2) is 48.5 Å². The van der Waals surface area contributed by atoms with Gasteiger partial charge in [0.25, 0.3) is 0 Å². The van der Waals surface area contributed by atoms with Gasteiger partial charge in [-0.3, -0.25) is 4.79 Å². The second kappa shape index (κ2) is 7.99. The summed E-state index contributed by atoms with van der Waals surface area (Å²) < 4.78 is 5.74. The Morgan fingerprint density at radius 2 is 1.91 bits per heavy atom. The second-order valence-electron chi connectivity index (χ2n) is 5.58. The first-order valence-electron chi connectivity index (χ1n) is 7.49. The summed E-state index contributed by atoms with van der Waals surface area (Å²) in [6.45, 7) is 4.06. The standard InChI is InChI=1S/C18H21ClN2O2/c1-12(13(2)20)18(22)21-16-4-3-5-17(10-16)23-11-14-6-8-15(19)9-7-14/h3-10,12-13H,11,20H2,1-2H3,(H,21,22). The fourth-order valence-electron chi connectivity index (χ4n) is 1.91. The minimum Gasteiger partial charge on any atom is -0.489 e. The molecular weight excluding hydrogens is 312 g/mol. The van der Waals surface area contributed by atoms with Crippen molar-refractivity contribution in [2.24, 2.45) is 11.7 Å². The van der Waals surface area contributed by atoms with Crippen molar-refractivity contribution >= 4 is 23.2 Å². The Balaban J connectivity index is 1.96.